The highest BCUT2D eigenvalue weighted by atomic mass is 35.5. The van der Waals surface area contributed by atoms with Gasteiger partial charge < -0.3 is 10.1 Å². The maximum atomic E-state index is 12.6. The van der Waals surface area contributed by atoms with Gasteiger partial charge >= 0.3 is 0 Å². The molecule has 0 unspecified atom stereocenters. The second-order valence-corrected chi connectivity index (χ2v) is 6.60. The zero-order valence-corrected chi connectivity index (χ0v) is 15.1. The average Bonchev–Trinajstić information content (AvgIpc) is 2.88. The summed E-state index contributed by atoms with van der Waals surface area (Å²) < 4.78 is 5.10. The van der Waals surface area contributed by atoms with E-state index >= 15 is 0 Å². The van der Waals surface area contributed by atoms with Crippen LogP contribution in [-0.4, -0.2) is 25.0 Å². The number of carbonyl (C=O) groups is 2. The van der Waals surface area contributed by atoms with Crippen molar-refractivity contribution >= 4 is 40.7 Å². The normalized spacial score (nSPS) is 17.2. The van der Waals surface area contributed by atoms with Crippen LogP contribution in [-0.2, 0) is 16.1 Å². The van der Waals surface area contributed by atoms with Gasteiger partial charge in [-0.05, 0) is 36.4 Å². The van der Waals surface area contributed by atoms with E-state index in [-0.39, 0.29) is 18.2 Å². The van der Waals surface area contributed by atoms with Crippen molar-refractivity contribution in [2.75, 3.05) is 12.0 Å². The predicted octanol–water partition coefficient (Wildman–Crippen LogP) is 2.40. The molecule has 1 fully saturated rings. The number of rotatable bonds is 5. The van der Waals surface area contributed by atoms with Gasteiger partial charge in [0.2, 0.25) is 5.91 Å². The summed E-state index contributed by atoms with van der Waals surface area (Å²) in [5.74, 6) is 0.238. The number of imide groups is 1. The number of anilines is 1. The Labute approximate surface area is 155 Å². The molecule has 1 aliphatic rings. The van der Waals surface area contributed by atoms with Crippen LogP contribution >= 0.6 is 23.2 Å². The highest BCUT2D eigenvalue weighted by Crippen LogP contribution is 2.24. The molecule has 1 aliphatic heterocycles. The highest BCUT2D eigenvalue weighted by molar-refractivity contribution is 6.35. The zero-order chi connectivity index (χ0) is 18.0. The Bertz CT molecular complexity index is 808. The van der Waals surface area contributed by atoms with Gasteiger partial charge in [-0.3, -0.25) is 9.59 Å². The monoisotopic (exact) mass is 379 g/mol. The Morgan fingerprint density at radius 3 is 2.52 bits per heavy atom. The summed E-state index contributed by atoms with van der Waals surface area (Å²) in [5.41, 5.74) is 1.42. The lowest BCUT2D eigenvalue weighted by Gasteiger charge is -2.14. The van der Waals surface area contributed by atoms with E-state index in [1.54, 1.807) is 43.5 Å². The van der Waals surface area contributed by atoms with Crippen molar-refractivity contribution in [3.05, 3.63) is 58.1 Å². The van der Waals surface area contributed by atoms with E-state index in [4.69, 9.17) is 27.9 Å². The van der Waals surface area contributed by atoms with Crippen molar-refractivity contribution in [2.45, 2.75) is 19.0 Å². The van der Waals surface area contributed by atoms with Gasteiger partial charge in [0.25, 0.3) is 5.91 Å². The molecule has 0 spiro atoms. The first-order chi connectivity index (χ1) is 12.0. The first-order valence-corrected chi connectivity index (χ1v) is 8.53. The van der Waals surface area contributed by atoms with Crippen LogP contribution in [0.1, 0.15) is 12.0 Å². The molecule has 3 rings (SSSR count). The number of hydrogen-bond donors (Lipinski definition) is 1. The van der Waals surface area contributed by atoms with Crippen molar-refractivity contribution in [3.63, 3.8) is 0 Å². The molecule has 7 heteroatoms. The lowest BCUT2D eigenvalue weighted by molar-refractivity contribution is -0.690. The van der Waals surface area contributed by atoms with E-state index in [2.05, 4.69) is 0 Å². The third-order valence-corrected chi connectivity index (χ3v) is 4.74. The summed E-state index contributed by atoms with van der Waals surface area (Å²) in [7, 11) is 1.56. The molecular weight excluding hydrogens is 363 g/mol. The summed E-state index contributed by atoms with van der Waals surface area (Å²) in [6, 6.07) is 11.6. The van der Waals surface area contributed by atoms with Gasteiger partial charge in [-0.25, -0.2) is 4.90 Å². The summed E-state index contributed by atoms with van der Waals surface area (Å²) in [6.07, 6.45) is 0.163. The molecule has 0 aliphatic carbocycles. The van der Waals surface area contributed by atoms with Gasteiger partial charge in [0.1, 0.15) is 12.3 Å². The van der Waals surface area contributed by atoms with Gasteiger partial charge in [0.05, 0.1) is 24.2 Å². The van der Waals surface area contributed by atoms with E-state index in [0.29, 0.717) is 28.0 Å². The van der Waals surface area contributed by atoms with Crippen molar-refractivity contribution in [1.82, 2.24) is 0 Å². The average molecular weight is 380 g/mol. The fourth-order valence-corrected chi connectivity index (χ4v) is 3.28. The second kappa shape index (κ2) is 7.44. The van der Waals surface area contributed by atoms with Gasteiger partial charge in [-0.15, -0.1) is 0 Å². The fraction of sp³-hybridized carbons (Fsp3) is 0.222. The topological polar surface area (TPSA) is 63.2 Å². The Kier molecular flexibility index (Phi) is 5.27. The third-order valence-electron chi connectivity index (χ3n) is 4.15. The minimum absolute atomic E-state index is 0.163. The lowest BCUT2D eigenvalue weighted by Crippen LogP contribution is -2.90. The second-order valence-electron chi connectivity index (χ2n) is 5.75. The van der Waals surface area contributed by atoms with Crippen LogP contribution < -0.4 is 15.0 Å². The standard InChI is InChI=1S/C18H16Cl2N2O3/c1-25-14-6-4-13(5-7-14)22-17(23)9-16(18(22)24)21-10-11-2-3-12(19)8-15(11)20/h2-8,16,21H,9-10H2,1H3/p+1/t16-/m1/s1. The van der Waals surface area contributed by atoms with Crippen LogP contribution in [0.4, 0.5) is 5.69 Å². The number of methoxy groups -OCH3 is 1. The molecular formula is C18H17Cl2N2O3+. The van der Waals surface area contributed by atoms with Gasteiger partial charge in [-0.2, -0.15) is 0 Å². The molecule has 2 aromatic rings. The van der Waals surface area contributed by atoms with Crippen molar-refractivity contribution in [1.29, 1.82) is 0 Å². The Balaban J connectivity index is 1.70. The van der Waals surface area contributed by atoms with Gasteiger partial charge in [0.15, 0.2) is 6.04 Å². The number of amides is 2. The third kappa shape index (κ3) is 3.79. The Morgan fingerprint density at radius 1 is 1.16 bits per heavy atom. The molecule has 2 amide bonds. The molecule has 1 atom stereocenters. The van der Waals surface area contributed by atoms with E-state index in [1.165, 1.54) is 4.90 Å². The lowest BCUT2D eigenvalue weighted by atomic mass is 10.2. The van der Waals surface area contributed by atoms with Crippen LogP contribution in [0, 0.1) is 0 Å². The molecule has 1 heterocycles. The SMILES string of the molecule is COc1ccc(N2C(=O)C[C@@H]([NH2+]Cc3ccc(Cl)cc3Cl)C2=O)cc1. The van der Waals surface area contributed by atoms with Crippen LogP contribution in [0.25, 0.3) is 0 Å². The predicted molar refractivity (Wildman–Crippen MR) is 96.0 cm³/mol. The van der Waals surface area contributed by atoms with Crippen LogP contribution in [0.15, 0.2) is 42.5 Å². The quantitative estimate of drug-likeness (QED) is 0.811. The van der Waals surface area contributed by atoms with Crippen LogP contribution in [0.3, 0.4) is 0 Å². The molecule has 2 N–H and O–H groups in total. The molecule has 0 saturated carbocycles. The highest BCUT2D eigenvalue weighted by Gasteiger charge is 2.42. The number of nitrogens with zero attached hydrogens (tertiary/aromatic N) is 1. The van der Waals surface area contributed by atoms with E-state index in [9.17, 15) is 9.59 Å². The number of quaternary nitrogens is 1. The summed E-state index contributed by atoms with van der Waals surface area (Å²) in [6.45, 7) is 0.496. The van der Waals surface area contributed by atoms with E-state index in [1.807, 2.05) is 11.4 Å². The minimum Gasteiger partial charge on any atom is -0.497 e. The smallest absolute Gasteiger partial charge is 0.292 e. The van der Waals surface area contributed by atoms with Crippen LogP contribution in [0.2, 0.25) is 10.0 Å². The minimum atomic E-state index is -0.457. The summed E-state index contributed by atoms with van der Waals surface area (Å²) >= 11 is 12.0. The molecule has 5 nitrogen and oxygen atoms in total. The van der Waals surface area contributed by atoms with E-state index < -0.39 is 6.04 Å². The van der Waals surface area contributed by atoms with Crippen molar-refractivity contribution in [3.8, 4) is 5.75 Å². The van der Waals surface area contributed by atoms with Gasteiger partial charge in [0, 0.05) is 10.6 Å². The van der Waals surface area contributed by atoms with Crippen molar-refractivity contribution < 1.29 is 19.6 Å². The number of halogens is 2. The van der Waals surface area contributed by atoms with Crippen LogP contribution in [0.5, 0.6) is 5.75 Å². The fourth-order valence-electron chi connectivity index (χ4n) is 2.80. The maximum Gasteiger partial charge on any atom is 0.292 e. The van der Waals surface area contributed by atoms with Gasteiger partial charge in [-0.1, -0.05) is 29.3 Å². The molecule has 1 saturated heterocycles. The first kappa shape index (κ1) is 17.7. The number of benzene rings is 2. The Hall–Kier alpha value is -2.08. The number of ether oxygens (including phenoxy) is 1. The summed E-state index contributed by atoms with van der Waals surface area (Å²) in [4.78, 5) is 26.1. The molecule has 0 bridgehead atoms. The first-order valence-electron chi connectivity index (χ1n) is 7.77. The number of carbonyl (C=O) groups excluding carboxylic acids is 2. The maximum absolute atomic E-state index is 12.6. The molecule has 25 heavy (non-hydrogen) atoms. The molecule has 2 aromatic carbocycles. The van der Waals surface area contributed by atoms with E-state index in [0.717, 1.165) is 5.56 Å². The Morgan fingerprint density at radius 2 is 1.88 bits per heavy atom. The number of hydrogen-bond acceptors (Lipinski definition) is 3. The molecule has 0 radical (unpaired) electrons. The molecule has 130 valence electrons. The van der Waals surface area contributed by atoms with Crippen molar-refractivity contribution in [2.24, 2.45) is 0 Å². The molecule has 0 aromatic heterocycles. The summed E-state index contributed by atoms with van der Waals surface area (Å²) in [5, 5.41) is 2.94. The number of nitrogens with two attached hydrogens (primary N) is 1. The zero-order valence-electron chi connectivity index (χ0n) is 13.5. The largest absolute Gasteiger partial charge is 0.497 e.